The second kappa shape index (κ2) is 7.62. The van der Waals surface area contributed by atoms with Gasteiger partial charge in [-0.1, -0.05) is 29.8 Å². The van der Waals surface area contributed by atoms with E-state index in [0.717, 1.165) is 22.2 Å². The Balaban J connectivity index is 1.39. The Labute approximate surface area is 181 Å². The molecule has 0 radical (unpaired) electrons. The molecule has 2 aromatic carbocycles. The van der Waals surface area contributed by atoms with E-state index < -0.39 is 10.0 Å². The van der Waals surface area contributed by atoms with E-state index in [2.05, 4.69) is 4.98 Å². The minimum atomic E-state index is -3.65. The number of benzene rings is 2. The van der Waals surface area contributed by atoms with Crippen LogP contribution in [-0.2, 0) is 21.4 Å². The van der Waals surface area contributed by atoms with Gasteiger partial charge in [0.15, 0.2) is 0 Å². The van der Waals surface area contributed by atoms with E-state index in [4.69, 9.17) is 4.74 Å². The lowest BCUT2D eigenvalue weighted by atomic mass is 10.0. The summed E-state index contributed by atoms with van der Waals surface area (Å²) in [6.07, 6.45) is 4.01. The second-order valence-corrected chi connectivity index (χ2v) is 9.95. The number of piperidine rings is 1. The number of hydrogen-bond donors (Lipinski definition) is 0. The van der Waals surface area contributed by atoms with E-state index >= 15 is 0 Å². The van der Waals surface area contributed by atoms with Crippen molar-refractivity contribution in [2.75, 3.05) is 18.0 Å². The van der Waals surface area contributed by atoms with Gasteiger partial charge < -0.3 is 4.74 Å². The average Bonchev–Trinajstić information content (AvgIpc) is 2.79. The van der Waals surface area contributed by atoms with Crippen LogP contribution in [0, 0.1) is 6.92 Å². The Morgan fingerprint density at radius 1 is 1.10 bits per heavy atom. The van der Waals surface area contributed by atoms with E-state index in [1.165, 1.54) is 4.31 Å². The third-order valence-electron chi connectivity index (χ3n) is 6.09. The normalized spacial score (nSPS) is 18.1. The number of hydrogen-bond acceptors (Lipinski definition) is 5. The van der Waals surface area contributed by atoms with Crippen LogP contribution >= 0.6 is 0 Å². The van der Waals surface area contributed by atoms with Crippen LogP contribution in [0.5, 0.6) is 0 Å². The van der Waals surface area contributed by atoms with Gasteiger partial charge in [-0.2, -0.15) is 4.31 Å². The summed E-state index contributed by atoms with van der Waals surface area (Å²) in [6, 6.07) is 12.8. The molecule has 1 fully saturated rings. The Morgan fingerprint density at radius 3 is 2.71 bits per heavy atom. The molecule has 0 N–H and O–H groups in total. The van der Waals surface area contributed by atoms with Crippen LogP contribution in [0.1, 0.15) is 24.0 Å². The zero-order valence-electron chi connectivity index (χ0n) is 17.2. The first-order valence-electron chi connectivity index (χ1n) is 10.3. The van der Waals surface area contributed by atoms with Gasteiger partial charge in [-0.05, 0) is 38.0 Å². The molecule has 8 heteroatoms. The van der Waals surface area contributed by atoms with Crippen molar-refractivity contribution in [3.05, 3.63) is 66.0 Å². The standard InChI is InChI=1S/C23H23N3O4S/c1-16-5-6-21-18(13-16)15-30-23(27)26(21)19-8-11-25(12-9-19)31(28,29)22-4-2-3-17-14-24-10-7-20(17)22/h2-7,10,13-14,19H,8-9,11-12,15H2,1H3. The van der Waals surface area contributed by atoms with Gasteiger partial charge in [-0.15, -0.1) is 0 Å². The molecule has 160 valence electrons. The van der Waals surface area contributed by atoms with Crippen molar-refractivity contribution in [2.24, 2.45) is 0 Å². The maximum Gasteiger partial charge on any atom is 0.414 e. The quantitative estimate of drug-likeness (QED) is 0.622. The fourth-order valence-electron chi connectivity index (χ4n) is 4.52. The van der Waals surface area contributed by atoms with Crippen molar-refractivity contribution in [2.45, 2.75) is 37.3 Å². The third kappa shape index (κ3) is 3.45. The summed E-state index contributed by atoms with van der Waals surface area (Å²) in [5.41, 5.74) is 2.96. The lowest BCUT2D eigenvalue weighted by molar-refractivity contribution is 0.135. The molecule has 0 bridgehead atoms. The van der Waals surface area contributed by atoms with Crippen LogP contribution in [0.15, 0.2) is 59.8 Å². The van der Waals surface area contributed by atoms with Gasteiger partial charge in [0.05, 0.1) is 10.6 Å². The molecular weight excluding hydrogens is 414 g/mol. The first-order chi connectivity index (χ1) is 14.9. The zero-order valence-corrected chi connectivity index (χ0v) is 18.0. The predicted octanol–water partition coefficient (Wildman–Crippen LogP) is 3.85. The third-order valence-corrected chi connectivity index (χ3v) is 8.05. The minimum Gasteiger partial charge on any atom is -0.444 e. The molecule has 31 heavy (non-hydrogen) atoms. The van der Waals surface area contributed by atoms with Crippen molar-refractivity contribution >= 4 is 32.6 Å². The Bertz CT molecular complexity index is 1260. The highest BCUT2D eigenvalue weighted by Crippen LogP contribution is 2.34. The van der Waals surface area contributed by atoms with E-state index in [1.54, 1.807) is 35.5 Å². The fraction of sp³-hybridized carbons (Fsp3) is 0.304. The number of ether oxygens (including phenoxy) is 1. The molecule has 1 aromatic heterocycles. The number of aryl methyl sites for hydroxylation is 1. The molecule has 3 heterocycles. The number of anilines is 1. The van der Waals surface area contributed by atoms with Crippen LogP contribution in [0.3, 0.4) is 0 Å². The van der Waals surface area contributed by atoms with Crippen molar-refractivity contribution in [3.8, 4) is 0 Å². The van der Waals surface area contributed by atoms with Gasteiger partial charge >= 0.3 is 6.09 Å². The zero-order chi connectivity index (χ0) is 21.6. The predicted molar refractivity (Wildman–Crippen MR) is 117 cm³/mol. The molecular formula is C23H23N3O4S. The molecule has 0 saturated carbocycles. The average molecular weight is 438 g/mol. The van der Waals surface area contributed by atoms with Gasteiger partial charge in [-0.3, -0.25) is 9.88 Å². The number of aromatic nitrogens is 1. The molecule has 0 aliphatic carbocycles. The van der Waals surface area contributed by atoms with E-state index in [0.29, 0.717) is 36.2 Å². The van der Waals surface area contributed by atoms with Crippen molar-refractivity contribution in [1.29, 1.82) is 0 Å². The number of nitrogens with zero attached hydrogens (tertiary/aromatic N) is 3. The van der Waals surface area contributed by atoms with E-state index in [9.17, 15) is 13.2 Å². The Kier molecular flexibility index (Phi) is 4.91. The minimum absolute atomic E-state index is 0.0996. The summed E-state index contributed by atoms with van der Waals surface area (Å²) >= 11 is 0. The number of cyclic esters (lactones) is 1. The maximum absolute atomic E-state index is 13.4. The largest absolute Gasteiger partial charge is 0.444 e. The van der Waals surface area contributed by atoms with Crippen LogP contribution < -0.4 is 4.90 Å². The topological polar surface area (TPSA) is 79.8 Å². The van der Waals surface area contributed by atoms with Gasteiger partial charge in [0.1, 0.15) is 6.61 Å². The number of fused-ring (bicyclic) bond motifs is 2. The molecule has 7 nitrogen and oxygen atoms in total. The summed E-state index contributed by atoms with van der Waals surface area (Å²) in [6.45, 7) is 2.97. The van der Waals surface area contributed by atoms with Crippen LogP contribution in [0.2, 0.25) is 0 Å². The molecule has 1 amide bonds. The van der Waals surface area contributed by atoms with E-state index in [-0.39, 0.29) is 18.7 Å². The second-order valence-electron chi connectivity index (χ2n) is 8.04. The summed E-state index contributed by atoms with van der Waals surface area (Å²) < 4.78 is 33.7. The van der Waals surface area contributed by atoms with E-state index in [1.807, 2.05) is 31.2 Å². The van der Waals surface area contributed by atoms with Crippen molar-refractivity contribution in [1.82, 2.24) is 9.29 Å². The first-order valence-corrected chi connectivity index (χ1v) is 11.8. The van der Waals surface area contributed by atoms with Crippen LogP contribution in [0.4, 0.5) is 10.5 Å². The molecule has 2 aliphatic rings. The SMILES string of the molecule is Cc1ccc2c(c1)COC(=O)N2C1CCN(S(=O)(=O)c2cccc3cnccc23)CC1. The molecule has 3 aromatic rings. The molecule has 0 spiro atoms. The molecule has 0 unspecified atom stereocenters. The molecule has 5 rings (SSSR count). The highest BCUT2D eigenvalue weighted by molar-refractivity contribution is 7.89. The number of pyridine rings is 1. The van der Waals surface area contributed by atoms with Crippen LogP contribution in [0.25, 0.3) is 10.8 Å². The Morgan fingerprint density at radius 2 is 1.90 bits per heavy atom. The number of carbonyl (C=O) groups excluding carboxylic acids is 1. The van der Waals surface area contributed by atoms with Gasteiger partial charge in [0, 0.05) is 47.9 Å². The summed E-state index contributed by atoms with van der Waals surface area (Å²) in [5, 5.41) is 1.46. The molecule has 1 saturated heterocycles. The maximum atomic E-state index is 13.4. The number of amides is 1. The van der Waals surface area contributed by atoms with Gasteiger partial charge in [-0.25, -0.2) is 13.2 Å². The number of sulfonamides is 1. The summed E-state index contributed by atoms with van der Waals surface area (Å²) in [7, 11) is -3.65. The Hall–Kier alpha value is -2.97. The lowest BCUT2D eigenvalue weighted by Gasteiger charge is -2.40. The summed E-state index contributed by atoms with van der Waals surface area (Å²) in [4.78, 5) is 18.6. The van der Waals surface area contributed by atoms with Gasteiger partial charge in [0.2, 0.25) is 10.0 Å². The highest BCUT2D eigenvalue weighted by atomic mass is 32.2. The number of carbonyl (C=O) groups is 1. The van der Waals surface area contributed by atoms with Crippen LogP contribution in [-0.4, -0.2) is 42.9 Å². The van der Waals surface area contributed by atoms with Crippen molar-refractivity contribution in [3.63, 3.8) is 0 Å². The van der Waals surface area contributed by atoms with Gasteiger partial charge in [0.25, 0.3) is 0 Å². The lowest BCUT2D eigenvalue weighted by Crippen LogP contribution is -2.50. The molecule has 0 atom stereocenters. The first kappa shape index (κ1) is 20.0. The van der Waals surface area contributed by atoms with Crippen molar-refractivity contribution < 1.29 is 17.9 Å². The number of rotatable bonds is 3. The highest BCUT2D eigenvalue weighted by Gasteiger charge is 2.37. The molecule has 2 aliphatic heterocycles. The smallest absolute Gasteiger partial charge is 0.414 e. The monoisotopic (exact) mass is 437 g/mol. The fourth-order valence-corrected chi connectivity index (χ4v) is 6.20. The summed E-state index contributed by atoms with van der Waals surface area (Å²) in [5.74, 6) is 0.